The van der Waals surface area contributed by atoms with Crippen LogP contribution in [0.3, 0.4) is 0 Å². The smallest absolute Gasteiger partial charge is 0.148 e. The Morgan fingerprint density at radius 2 is 2.08 bits per heavy atom. The number of nitrogens with one attached hydrogen (secondary N) is 1. The van der Waals surface area contributed by atoms with Crippen molar-refractivity contribution in [2.45, 2.75) is 13.8 Å². The molecule has 0 aliphatic rings. The van der Waals surface area contributed by atoms with E-state index < -0.39 is 0 Å². The third-order valence-electron chi connectivity index (χ3n) is 1.43. The van der Waals surface area contributed by atoms with Gasteiger partial charge in [-0.05, 0) is 18.1 Å². The first kappa shape index (κ1) is 9.71. The van der Waals surface area contributed by atoms with Gasteiger partial charge in [-0.25, -0.2) is 4.39 Å². The highest BCUT2D eigenvalue weighted by Crippen LogP contribution is 2.11. The van der Waals surface area contributed by atoms with Gasteiger partial charge in [0.25, 0.3) is 0 Å². The Kier molecular flexibility index (Phi) is 3.43. The Bertz CT molecular complexity index is 295. The maximum absolute atomic E-state index is 13.0. The van der Waals surface area contributed by atoms with Gasteiger partial charge in [0.2, 0.25) is 0 Å². The van der Waals surface area contributed by atoms with Crippen molar-refractivity contribution < 1.29 is 4.39 Å². The molecule has 0 radical (unpaired) electrons. The zero-order valence-electron chi connectivity index (χ0n) is 7.79. The number of rotatable bonds is 3. The summed E-state index contributed by atoms with van der Waals surface area (Å²) in [7, 11) is 0. The quantitative estimate of drug-likeness (QED) is 0.561. The molecule has 0 amide bonds. The van der Waals surface area contributed by atoms with Crippen LogP contribution in [-0.2, 0) is 0 Å². The first-order chi connectivity index (χ1) is 6.20. The van der Waals surface area contributed by atoms with Gasteiger partial charge in [-0.2, -0.15) is 5.10 Å². The molecule has 1 N–H and O–H groups in total. The van der Waals surface area contributed by atoms with Gasteiger partial charge in [0, 0.05) is 6.21 Å². The predicted octanol–water partition coefficient (Wildman–Crippen LogP) is 2.88. The number of halogens is 1. The standard InChI is InChI=1S/C10H13FN2/c1-8(2)7-12-13-10-6-4-3-5-9(10)11/h3-8,13H,1-2H3/b12-7+. The van der Waals surface area contributed by atoms with E-state index in [4.69, 9.17) is 0 Å². The summed E-state index contributed by atoms with van der Waals surface area (Å²) in [6, 6.07) is 6.45. The van der Waals surface area contributed by atoms with E-state index in [-0.39, 0.29) is 5.82 Å². The monoisotopic (exact) mass is 180 g/mol. The Balaban J connectivity index is 2.59. The average molecular weight is 180 g/mol. The zero-order valence-corrected chi connectivity index (χ0v) is 7.79. The second-order valence-corrected chi connectivity index (χ2v) is 3.11. The molecule has 0 atom stereocenters. The molecule has 0 spiro atoms. The molecule has 0 aromatic heterocycles. The SMILES string of the molecule is CC(C)/C=N/Nc1ccccc1F. The fourth-order valence-corrected chi connectivity index (χ4v) is 0.808. The summed E-state index contributed by atoms with van der Waals surface area (Å²) in [6.07, 6.45) is 1.73. The highest BCUT2D eigenvalue weighted by Gasteiger charge is 1.96. The second-order valence-electron chi connectivity index (χ2n) is 3.11. The lowest BCUT2D eigenvalue weighted by Crippen LogP contribution is -1.95. The number of hydrogen-bond acceptors (Lipinski definition) is 2. The van der Waals surface area contributed by atoms with E-state index in [1.807, 2.05) is 13.8 Å². The average Bonchev–Trinajstić information content (AvgIpc) is 2.08. The van der Waals surface area contributed by atoms with Crippen LogP contribution in [0, 0.1) is 11.7 Å². The fourth-order valence-electron chi connectivity index (χ4n) is 0.808. The minimum atomic E-state index is -0.289. The van der Waals surface area contributed by atoms with Crippen molar-refractivity contribution in [2.24, 2.45) is 11.0 Å². The van der Waals surface area contributed by atoms with Crippen LogP contribution < -0.4 is 5.43 Å². The Morgan fingerprint density at radius 1 is 1.38 bits per heavy atom. The number of para-hydroxylation sites is 1. The lowest BCUT2D eigenvalue weighted by Gasteiger charge is -2.01. The van der Waals surface area contributed by atoms with Crippen LogP contribution in [0.25, 0.3) is 0 Å². The van der Waals surface area contributed by atoms with Crippen molar-refractivity contribution in [3.8, 4) is 0 Å². The fraction of sp³-hybridized carbons (Fsp3) is 0.300. The zero-order chi connectivity index (χ0) is 9.68. The molecular formula is C10H13FN2. The van der Waals surface area contributed by atoms with Gasteiger partial charge in [0.1, 0.15) is 5.82 Å². The van der Waals surface area contributed by atoms with Gasteiger partial charge in [-0.1, -0.05) is 26.0 Å². The molecule has 0 saturated heterocycles. The topological polar surface area (TPSA) is 24.4 Å². The number of hydrogen-bond donors (Lipinski definition) is 1. The normalized spacial score (nSPS) is 11.1. The summed E-state index contributed by atoms with van der Waals surface area (Å²) in [5.74, 6) is 0.0719. The molecule has 3 heteroatoms. The molecule has 1 aromatic rings. The van der Waals surface area contributed by atoms with Gasteiger partial charge in [-0.15, -0.1) is 0 Å². The molecule has 70 valence electrons. The van der Waals surface area contributed by atoms with Crippen LogP contribution in [-0.4, -0.2) is 6.21 Å². The van der Waals surface area contributed by atoms with Crippen molar-refractivity contribution in [1.82, 2.24) is 0 Å². The molecule has 0 heterocycles. The van der Waals surface area contributed by atoms with Crippen molar-refractivity contribution >= 4 is 11.9 Å². The van der Waals surface area contributed by atoms with Gasteiger partial charge in [0.15, 0.2) is 0 Å². The van der Waals surface area contributed by atoms with Gasteiger partial charge >= 0.3 is 0 Å². The van der Waals surface area contributed by atoms with E-state index in [0.29, 0.717) is 11.6 Å². The van der Waals surface area contributed by atoms with Crippen LogP contribution in [0.4, 0.5) is 10.1 Å². The van der Waals surface area contributed by atoms with Crippen LogP contribution in [0.1, 0.15) is 13.8 Å². The Morgan fingerprint density at radius 3 is 2.69 bits per heavy atom. The minimum absolute atomic E-state index is 0.289. The number of hydrazone groups is 1. The van der Waals surface area contributed by atoms with Crippen LogP contribution in [0.15, 0.2) is 29.4 Å². The van der Waals surface area contributed by atoms with E-state index in [0.717, 1.165) is 0 Å². The highest BCUT2D eigenvalue weighted by molar-refractivity contribution is 5.61. The van der Waals surface area contributed by atoms with Crippen LogP contribution >= 0.6 is 0 Å². The van der Waals surface area contributed by atoms with Crippen LogP contribution in [0.2, 0.25) is 0 Å². The maximum Gasteiger partial charge on any atom is 0.148 e. The molecule has 1 rings (SSSR count). The molecule has 1 aromatic carbocycles. The molecule has 13 heavy (non-hydrogen) atoms. The van der Waals surface area contributed by atoms with Gasteiger partial charge < -0.3 is 0 Å². The van der Waals surface area contributed by atoms with Crippen molar-refractivity contribution in [1.29, 1.82) is 0 Å². The summed E-state index contributed by atoms with van der Waals surface area (Å²) in [5.41, 5.74) is 3.04. The van der Waals surface area contributed by atoms with Crippen molar-refractivity contribution in [3.63, 3.8) is 0 Å². The summed E-state index contributed by atoms with van der Waals surface area (Å²) < 4.78 is 13.0. The molecule has 2 nitrogen and oxygen atoms in total. The highest BCUT2D eigenvalue weighted by atomic mass is 19.1. The second kappa shape index (κ2) is 4.60. The van der Waals surface area contributed by atoms with Crippen molar-refractivity contribution in [2.75, 3.05) is 5.43 Å². The number of anilines is 1. The summed E-state index contributed by atoms with van der Waals surface area (Å²) in [4.78, 5) is 0. The summed E-state index contributed by atoms with van der Waals surface area (Å²) in [5, 5.41) is 3.89. The lowest BCUT2D eigenvalue weighted by molar-refractivity contribution is 0.630. The molecule has 0 aliphatic carbocycles. The molecule has 0 saturated carbocycles. The largest absolute Gasteiger partial charge is 0.276 e. The number of benzene rings is 1. The Labute approximate surface area is 77.5 Å². The third kappa shape index (κ3) is 3.23. The van der Waals surface area contributed by atoms with E-state index in [1.165, 1.54) is 6.07 Å². The van der Waals surface area contributed by atoms with E-state index in [9.17, 15) is 4.39 Å². The third-order valence-corrected chi connectivity index (χ3v) is 1.43. The molecule has 0 unspecified atom stereocenters. The lowest BCUT2D eigenvalue weighted by atomic mass is 10.3. The van der Waals surface area contributed by atoms with Gasteiger partial charge in [0.05, 0.1) is 5.69 Å². The first-order valence-corrected chi connectivity index (χ1v) is 4.24. The maximum atomic E-state index is 13.0. The van der Waals surface area contributed by atoms with E-state index in [1.54, 1.807) is 24.4 Å². The number of nitrogens with zero attached hydrogens (tertiary/aromatic N) is 1. The Hall–Kier alpha value is -1.38. The van der Waals surface area contributed by atoms with E-state index >= 15 is 0 Å². The van der Waals surface area contributed by atoms with Gasteiger partial charge in [-0.3, -0.25) is 5.43 Å². The molecule has 0 fully saturated rings. The summed E-state index contributed by atoms with van der Waals surface area (Å²) >= 11 is 0. The minimum Gasteiger partial charge on any atom is -0.276 e. The van der Waals surface area contributed by atoms with Crippen molar-refractivity contribution in [3.05, 3.63) is 30.1 Å². The molecular weight excluding hydrogens is 167 g/mol. The molecule has 0 bridgehead atoms. The summed E-state index contributed by atoms with van der Waals surface area (Å²) in [6.45, 7) is 4.01. The van der Waals surface area contributed by atoms with Crippen LogP contribution in [0.5, 0.6) is 0 Å². The first-order valence-electron chi connectivity index (χ1n) is 4.24. The molecule has 0 aliphatic heterocycles. The predicted molar refractivity (Wildman–Crippen MR) is 53.4 cm³/mol. The van der Waals surface area contributed by atoms with E-state index in [2.05, 4.69) is 10.5 Å².